The summed E-state index contributed by atoms with van der Waals surface area (Å²) < 4.78 is 22.2. The molecule has 2 aromatic carbocycles. The summed E-state index contributed by atoms with van der Waals surface area (Å²) in [5, 5.41) is 18.6. The lowest BCUT2D eigenvalue weighted by molar-refractivity contribution is -0.155. The molecule has 8 heteroatoms. The van der Waals surface area contributed by atoms with Crippen molar-refractivity contribution < 1.29 is 38.7 Å². The molecule has 232 valence electrons. The second-order valence-electron chi connectivity index (χ2n) is 13.5. The largest absolute Gasteiger partial charge is 0.487 e. The van der Waals surface area contributed by atoms with Crippen molar-refractivity contribution in [1.29, 1.82) is 0 Å². The molecule has 0 aliphatic carbocycles. The number of aliphatic hydroxyl groups excluding tert-OH is 2. The Morgan fingerprint density at radius 1 is 0.714 bits per heavy atom. The van der Waals surface area contributed by atoms with Gasteiger partial charge in [-0.25, -0.2) is 0 Å². The highest BCUT2D eigenvalue weighted by atomic mass is 16.6. The van der Waals surface area contributed by atoms with Crippen LogP contribution >= 0.6 is 0 Å². The minimum Gasteiger partial charge on any atom is -0.487 e. The second-order valence-corrected chi connectivity index (χ2v) is 13.5. The van der Waals surface area contributed by atoms with Crippen molar-refractivity contribution in [2.24, 2.45) is 11.8 Å². The molecule has 2 aliphatic heterocycles. The number of rotatable bonds is 6. The fourth-order valence-corrected chi connectivity index (χ4v) is 5.07. The zero-order valence-electron chi connectivity index (χ0n) is 26.4. The van der Waals surface area contributed by atoms with E-state index in [-0.39, 0.29) is 62.0 Å². The van der Waals surface area contributed by atoms with Gasteiger partial charge in [-0.2, -0.15) is 0 Å². The Morgan fingerprint density at radius 2 is 1.07 bits per heavy atom. The number of esters is 2. The molecule has 0 aromatic heterocycles. The quantitative estimate of drug-likeness (QED) is 0.456. The first-order chi connectivity index (χ1) is 19.6. The maximum atomic E-state index is 11.9. The van der Waals surface area contributed by atoms with Crippen molar-refractivity contribution in [1.82, 2.24) is 0 Å². The van der Waals surface area contributed by atoms with Crippen LogP contribution in [0.2, 0.25) is 0 Å². The van der Waals surface area contributed by atoms with Crippen molar-refractivity contribution in [3.05, 3.63) is 58.7 Å². The molecule has 0 bridgehead atoms. The number of ether oxygens (including phenoxy) is 4. The zero-order valence-corrected chi connectivity index (χ0v) is 26.4. The van der Waals surface area contributed by atoms with Crippen LogP contribution in [0.4, 0.5) is 0 Å². The minimum atomic E-state index is -0.461. The van der Waals surface area contributed by atoms with Gasteiger partial charge in [0.1, 0.15) is 34.9 Å². The third-order valence-electron chi connectivity index (χ3n) is 7.06. The molecule has 42 heavy (non-hydrogen) atoms. The molecule has 0 unspecified atom stereocenters. The third kappa shape index (κ3) is 10.0. The third-order valence-corrected chi connectivity index (χ3v) is 7.06. The number of benzene rings is 2. The summed E-state index contributed by atoms with van der Waals surface area (Å²) in [6.45, 7) is 15.4. The van der Waals surface area contributed by atoms with Crippen molar-refractivity contribution in [3.8, 4) is 11.5 Å². The van der Waals surface area contributed by atoms with Gasteiger partial charge in [-0.1, -0.05) is 38.1 Å². The van der Waals surface area contributed by atoms with Crippen LogP contribution in [-0.4, -0.2) is 58.8 Å². The smallest absolute Gasteiger partial charge is 0.310 e. The lowest BCUT2D eigenvalue weighted by atomic mass is 9.91. The number of aliphatic hydroxyl groups is 2. The molecule has 0 saturated heterocycles. The van der Waals surface area contributed by atoms with Gasteiger partial charge >= 0.3 is 11.9 Å². The number of carbonyl (C=O) groups excluding carboxylic acids is 2. The number of fused-ring (bicyclic) bond motifs is 2. The van der Waals surface area contributed by atoms with Crippen LogP contribution in [0.15, 0.2) is 36.4 Å². The summed E-state index contributed by atoms with van der Waals surface area (Å²) in [5.74, 6) is 1.69. The van der Waals surface area contributed by atoms with Crippen molar-refractivity contribution >= 4 is 11.9 Å². The van der Waals surface area contributed by atoms with Crippen LogP contribution in [0.5, 0.6) is 11.5 Å². The van der Waals surface area contributed by atoms with Crippen LogP contribution in [0.25, 0.3) is 0 Å². The van der Waals surface area contributed by atoms with Crippen LogP contribution in [0.3, 0.4) is 0 Å². The van der Waals surface area contributed by atoms with E-state index < -0.39 is 11.2 Å². The van der Waals surface area contributed by atoms with E-state index in [1.54, 1.807) is 0 Å². The van der Waals surface area contributed by atoms with Gasteiger partial charge in [0.15, 0.2) is 0 Å². The lowest BCUT2D eigenvalue weighted by Crippen LogP contribution is -2.34. The van der Waals surface area contributed by atoms with E-state index >= 15 is 0 Å². The average molecular weight is 585 g/mol. The summed E-state index contributed by atoms with van der Waals surface area (Å²) in [6.07, 6.45) is 1.94. The first-order valence-electron chi connectivity index (χ1n) is 14.8. The molecule has 0 spiro atoms. The van der Waals surface area contributed by atoms with Gasteiger partial charge in [0.25, 0.3) is 0 Å². The van der Waals surface area contributed by atoms with Gasteiger partial charge in [-0.15, -0.1) is 0 Å². The molecule has 4 rings (SSSR count). The van der Waals surface area contributed by atoms with E-state index in [0.29, 0.717) is 0 Å². The van der Waals surface area contributed by atoms with E-state index in [1.165, 1.54) is 0 Å². The first kappa shape index (κ1) is 33.4. The van der Waals surface area contributed by atoms with E-state index in [1.807, 2.05) is 77.9 Å². The molecule has 2 aromatic rings. The Kier molecular flexibility index (Phi) is 11.1. The van der Waals surface area contributed by atoms with E-state index in [2.05, 4.69) is 13.8 Å². The zero-order chi connectivity index (χ0) is 31.2. The summed E-state index contributed by atoms with van der Waals surface area (Å²) >= 11 is 0. The lowest BCUT2D eigenvalue weighted by Gasteiger charge is -2.30. The Bertz CT molecular complexity index is 1130. The Hall–Kier alpha value is -3.10. The minimum absolute atomic E-state index is 0.0280. The Morgan fingerprint density at radius 3 is 1.38 bits per heavy atom. The van der Waals surface area contributed by atoms with Crippen LogP contribution in [0, 0.1) is 11.8 Å². The van der Waals surface area contributed by atoms with Crippen LogP contribution in [-0.2, 0) is 44.7 Å². The second kappa shape index (κ2) is 13.9. The highest BCUT2D eigenvalue weighted by Gasteiger charge is 2.28. The molecular formula is C34H48O8. The molecule has 2 aliphatic rings. The molecule has 2 heterocycles. The fraction of sp³-hybridized carbons (Fsp3) is 0.588. The van der Waals surface area contributed by atoms with Gasteiger partial charge in [0, 0.05) is 0 Å². The van der Waals surface area contributed by atoms with E-state index in [9.17, 15) is 19.8 Å². The summed E-state index contributed by atoms with van der Waals surface area (Å²) in [6, 6.07) is 11.5. The van der Waals surface area contributed by atoms with E-state index in [4.69, 9.17) is 18.9 Å². The molecule has 0 saturated carbocycles. The predicted molar refractivity (Wildman–Crippen MR) is 161 cm³/mol. The first-order valence-corrected chi connectivity index (χ1v) is 14.8. The maximum absolute atomic E-state index is 11.9. The molecular weight excluding hydrogens is 536 g/mol. The fourth-order valence-electron chi connectivity index (χ4n) is 5.07. The van der Waals surface area contributed by atoms with Gasteiger partial charge < -0.3 is 29.2 Å². The molecule has 0 radical (unpaired) electrons. The monoisotopic (exact) mass is 584 g/mol. The number of hydrogen-bond acceptors (Lipinski definition) is 8. The van der Waals surface area contributed by atoms with E-state index in [0.717, 1.165) is 46.6 Å². The van der Waals surface area contributed by atoms with Crippen LogP contribution < -0.4 is 9.47 Å². The number of carbonyl (C=O) groups is 2. The normalized spacial score (nSPS) is 21.4. The number of hydrogen-bond donors (Lipinski definition) is 2. The average Bonchev–Trinajstić information content (AvgIpc) is 2.86. The molecule has 8 nitrogen and oxygen atoms in total. The standard InChI is InChI=1S/2C17H24O4/c2*1-11-7-13-8-12(9-16(19)21-17(2,3)4)5-6-14(13)20-15(11)10-18/h2*5-6,8,11,15,18H,7,9-10H2,1-4H3/t2*11-,15-/m10/s1. The highest BCUT2D eigenvalue weighted by molar-refractivity contribution is 5.73. The summed E-state index contributed by atoms with van der Waals surface area (Å²) in [4.78, 5) is 23.7. The van der Waals surface area contributed by atoms with Crippen molar-refractivity contribution in [2.45, 2.75) is 104 Å². The summed E-state index contributed by atoms with van der Waals surface area (Å²) in [7, 11) is 0. The SMILES string of the molecule is C[C@@H]1Cc2cc(CC(=O)OC(C)(C)C)ccc2O[C@@H]1CO.C[C@H]1Cc2cc(CC(=O)OC(C)(C)C)ccc2O[C@H]1CO. The summed E-state index contributed by atoms with van der Waals surface area (Å²) in [5.41, 5.74) is 3.12. The predicted octanol–water partition coefficient (Wildman–Crippen LogP) is 5.01. The topological polar surface area (TPSA) is 112 Å². The molecule has 0 fully saturated rings. The van der Waals surface area contributed by atoms with Gasteiger partial charge in [0.05, 0.1) is 26.1 Å². The van der Waals surface area contributed by atoms with Crippen molar-refractivity contribution in [2.75, 3.05) is 13.2 Å². The van der Waals surface area contributed by atoms with Gasteiger partial charge in [-0.3, -0.25) is 9.59 Å². The molecule has 2 N–H and O–H groups in total. The highest BCUT2D eigenvalue weighted by Crippen LogP contribution is 2.33. The molecule has 0 amide bonds. The van der Waals surface area contributed by atoms with Crippen molar-refractivity contribution in [3.63, 3.8) is 0 Å². The van der Waals surface area contributed by atoms with Gasteiger partial charge in [-0.05, 0) is 101 Å². The van der Waals surface area contributed by atoms with Gasteiger partial charge in [0.2, 0.25) is 0 Å². The Labute approximate surface area is 250 Å². The van der Waals surface area contributed by atoms with Crippen LogP contribution in [0.1, 0.15) is 77.6 Å². The maximum Gasteiger partial charge on any atom is 0.310 e. The Balaban J connectivity index is 0.000000230. The molecule has 4 atom stereocenters.